The Balaban J connectivity index is 0.000000173. The molecule has 4 amide bonds. The van der Waals surface area contributed by atoms with Crippen molar-refractivity contribution < 1.29 is 111 Å². The summed E-state index contributed by atoms with van der Waals surface area (Å²) in [6.45, 7) is 6.71. The van der Waals surface area contributed by atoms with Gasteiger partial charge in [0.2, 0.25) is 9.05 Å². The number of hydrogen-bond acceptors (Lipinski definition) is 21. The number of nitrogens with zero attached hydrogens (tertiary/aromatic N) is 17. The second-order valence-electron chi connectivity index (χ2n) is 26.0. The number of ether oxygens (including phenoxy) is 4. The summed E-state index contributed by atoms with van der Waals surface area (Å²) < 4.78 is 125. The van der Waals surface area contributed by atoms with Gasteiger partial charge < -0.3 is 54.7 Å². The first-order valence-electron chi connectivity index (χ1n) is 35.0. The second kappa shape index (κ2) is 42.0. The number of aliphatic hydroxyl groups excluding tert-OH is 1. The maximum Gasteiger partial charge on any atom is 1.00 e. The number of carbonyl (C=O) groups is 4. The molecule has 11 aliphatic rings. The molecule has 111 heavy (non-hydrogen) atoms. The van der Waals surface area contributed by atoms with Crippen molar-refractivity contribution >= 4 is 99.7 Å². The van der Waals surface area contributed by atoms with Crippen LogP contribution in [0.25, 0.3) is 26.4 Å². The zero-order valence-corrected chi connectivity index (χ0v) is 65.5. The Kier molecular flexibility index (Phi) is 32.8. The number of azide groups is 1. The van der Waals surface area contributed by atoms with Gasteiger partial charge >= 0.3 is 53.9 Å². The summed E-state index contributed by atoms with van der Waals surface area (Å²) in [5.74, 6) is 0.101. The molecule has 4 saturated heterocycles. The summed E-state index contributed by atoms with van der Waals surface area (Å²) in [4.78, 5) is 65.0. The van der Waals surface area contributed by atoms with Crippen LogP contribution in [0.3, 0.4) is 0 Å². The van der Waals surface area contributed by atoms with E-state index in [-0.39, 0.29) is 92.5 Å². The van der Waals surface area contributed by atoms with Crippen LogP contribution in [0.2, 0.25) is 0 Å². The summed E-state index contributed by atoms with van der Waals surface area (Å²) >= 11 is 0. The predicted molar refractivity (Wildman–Crippen MR) is 407 cm³/mol. The van der Waals surface area contributed by atoms with Crippen molar-refractivity contribution in [3.63, 3.8) is 0 Å². The molecular weight excluding hydrogens is 1530 g/mol. The number of amides is 4. The van der Waals surface area contributed by atoms with Gasteiger partial charge in [-0.2, -0.15) is 8.42 Å². The first kappa shape index (κ1) is 86.8. The molecule has 4 atom stereocenters. The molecule has 8 aliphatic heterocycles. The van der Waals surface area contributed by atoms with E-state index in [2.05, 4.69) is 83.8 Å². The van der Waals surface area contributed by atoms with Crippen molar-refractivity contribution in [1.82, 2.24) is 15.0 Å². The molecule has 4 fully saturated rings. The maximum atomic E-state index is 14.6. The molecule has 0 unspecified atom stereocenters. The molecular formula is C72H83ClF4N17NaO14S2. The molecule has 0 spiro atoms. The first-order valence-corrected chi connectivity index (χ1v) is 39.6. The minimum Gasteiger partial charge on any atom is -0.444 e. The number of aliphatic hydroxyl groups is 1. The third-order valence-electron chi connectivity index (χ3n) is 18.0. The number of halogens is 5. The van der Waals surface area contributed by atoms with Crippen LogP contribution >= 0.6 is 10.7 Å². The Morgan fingerprint density at radius 1 is 0.532 bits per heavy atom. The molecule has 39 heteroatoms. The number of anilines is 8. The van der Waals surface area contributed by atoms with Gasteiger partial charge in [0.25, 0.3) is 10.1 Å². The molecule has 1 N–H and O–H groups in total. The number of hydrogen-bond donors (Lipinski definition) is 1. The molecule has 4 aromatic carbocycles. The largest absolute Gasteiger partial charge is 1.00 e. The van der Waals surface area contributed by atoms with E-state index in [0.717, 1.165) is 76.2 Å². The van der Waals surface area contributed by atoms with Crippen molar-refractivity contribution in [2.45, 2.75) is 69.5 Å². The molecule has 0 saturated carbocycles. The Morgan fingerprint density at radius 3 is 1.14 bits per heavy atom. The fourth-order valence-electron chi connectivity index (χ4n) is 12.8. The first-order chi connectivity index (χ1) is 52.8. The number of allylic oxidation sites excluding steroid dienone is 4. The minimum absolute atomic E-state index is 0. The van der Waals surface area contributed by atoms with E-state index in [1.165, 1.54) is 61.6 Å². The number of aromatic nitrogens is 3. The average Bonchev–Trinajstić information content (AvgIpc) is 1.76. The van der Waals surface area contributed by atoms with Crippen molar-refractivity contribution in [3.8, 4) is 0 Å². The third kappa shape index (κ3) is 26.2. The van der Waals surface area contributed by atoms with E-state index in [1.807, 2.05) is 43.9 Å². The quantitative estimate of drug-likeness (QED) is 0.0110. The monoisotopic (exact) mass is 1610 g/mol. The van der Waals surface area contributed by atoms with Crippen LogP contribution in [0.5, 0.6) is 0 Å². The van der Waals surface area contributed by atoms with E-state index < -0.39 is 67.7 Å². The fourth-order valence-corrected chi connectivity index (χ4v) is 13.2. The number of fused-ring (bicyclic) bond motifs is 1. The van der Waals surface area contributed by atoms with Gasteiger partial charge in [-0.3, -0.25) is 28.7 Å². The van der Waals surface area contributed by atoms with Gasteiger partial charge in [0, 0.05) is 74.1 Å². The fraction of sp³-hybridized carbons (Fsp3) is 0.417. The Hall–Kier alpha value is -9.81. The van der Waals surface area contributed by atoms with Crippen LogP contribution < -0.4 is 68.8 Å². The van der Waals surface area contributed by atoms with Gasteiger partial charge in [-0.1, -0.05) is 83.2 Å². The number of carbonyl (C=O) groups excluding carboxylic acids is 4. The molecule has 588 valence electrons. The summed E-state index contributed by atoms with van der Waals surface area (Å²) in [6, 6.07) is 18.9. The second-order valence-corrected chi connectivity index (χ2v) is 30.7. The van der Waals surface area contributed by atoms with Gasteiger partial charge in [0.15, 0.2) is 0 Å². The van der Waals surface area contributed by atoms with Gasteiger partial charge in [0.1, 0.15) is 54.3 Å². The molecule has 3 aliphatic carbocycles. The summed E-state index contributed by atoms with van der Waals surface area (Å²) in [5.41, 5.74) is 25.7. The number of rotatable bonds is 16. The number of benzene rings is 4. The van der Waals surface area contributed by atoms with Crippen LogP contribution in [0.4, 0.5) is 82.2 Å². The molecule has 16 rings (SSSR count). The summed E-state index contributed by atoms with van der Waals surface area (Å²) in [5, 5.41) is 20.0. The molecule has 5 aromatic rings. The van der Waals surface area contributed by atoms with Crippen molar-refractivity contribution in [2.24, 2.45) is 17.0 Å². The summed E-state index contributed by atoms with van der Waals surface area (Å²) in [7, 11) is -2.31. The maximum absolute atomic E-state index is 14.6. The predicted octanol–water partition coefficient (Wildman–Crippen LogP) is 9.43. The standard InChI is InChI=1S/C17H18FN5O2.C16H19FN2O5S.C15H16FN5O2.C15H17FN2O3.C8H10.CH3ClO2S.N3.Na/c18-15-10-13(4-5-16(15)21-7-2-1-3-8-21)23-12-14(25-17(23)24)11-22-9-6-19-20-22;1-25(21,22)23-11-13-10-19(16(20)24-13)12-5-6-15(14(17)9-12)18-7-3-2-4-8-18;16-13-8-11(4-5-14(13)20-6-2-1-3-7-20)21-10-12(9-18-19-17)23-15(21)22;16-13-8-11(18-9-12(10-19)21-15(18)20)4-5-14(13)17-6-2-1-3-7-17;1-2-8-5-3-7(1)4-6-8;1-5(2,3)4;1-3-2;/h1-2,4-6,9-10,14H,3,7-8,11-12H2;2-3,5-6,9,13H,4,7-8,10-11H2,1H3;1-2,4-5,8,12H,3,6-7,9-10H2;1-2,4-5,8,12,19H,3,6-7,9-10H2;1-3,5,7-8H,4,6H2;1H3;;/q;;;;;;-1;+1/t14-;13-;2*12-;;;;/m0101..../s1. The Bertz CT molecular complexity index is 4520. The Labute approximate surface area is 666 Å². The minimum atomic E-state index is -3.62. The van der Waals surface area contributed by atoms with E-state index in [0.29, 0.717) is 84.8 Å². The molecule has 1 aromatic heterocycles. The van der Waals surface area contributed by atoms with E-state index in [4.69, 9.17) is 40.6 Å². The topological polar surface area (TPSA) is 367 Å². The van der Waals surface area contributed by atoms with Crippen molar-refractivity contribution in [1.29, 1.82) is 0 Å². The van der Waals surface area contributed by atoms with Crippen LogP contribution in [-0.4, -0.2) is 197 Å². The summed E-state index contributed by atoms with van der Waals surface area (Å²) in [6.07, 6.45) is 32.7. The van der Waals surface area contributed by atoms with Crippen molar-refractivity contribution in [3.05, 3.63) is 208 Å². The van der Waals surface area contributed by atoms with Crippen molar-refractivity contribution in [2.75, 3.05) is 150 Å². The Morgan fingerprint density at radius 2 is 0.856 bits per heavy atom. The van der Waals surface area contributed by atoms with Gasteiger partial charge in [-0.05, 0) is 129 Å². The van der Waals surface area contributed by atoms with Gasteiger partial charge in [-0.25, -0.2) is 49.8 Å². The van der Waals surface area contributed by atoms with Gasteiger partial charge in [-0.15, -0.1) is 5.10 Å². The number of cyclic esters (lactones) is 4. The van der Waals surface area contributed by atoms with E-state index in [9.17, 15) is 53.6 Å². The molecule has 9 heterocycles. The van der Waals surface area contributed by atoms with E-state index >= 15 is 0 Å². The van der Waals surface area contributed by atoms with E-state index in [1.54, 1.807) is 65.6 Å². The average molecular weight is 1610 g/mol. The molecule has 0 radical (unpaired) electrons. The molecule has 31 nitrogen and oxygen atoms in total. The normalized spacial score (nSPS) is 21.2. The SMILES string of the molecule is C1=CC2C=CC1CC2.CS(=O)(=O)Cl.CS(=O)(=O)OC[C@H]1CN(c2ccc(N3CC=CCC3)c(F)c2)C(=O)O1.O=C1O[C@@H](CO)CN1c1ccc(N2CC=CCC2)c(F)c1.O=C1O[C@@H](Cn2ccnn2)CN1c1ccc(N2CC=CCC2)c(F)c1.[N-]=[N+]=NC[C@H]1CN(c2ccc(N3CC=CCC3)c(F)c2)C(=O)O1.[N-]=[N+]=[N-].[Na+]. The third-order valence-corrected chi connectivity index (χ3v) is 18.6. The van der Waals surface area contributed by atoms with Crippen LogP contribution in [-0.2, 0) is 48.8 Å². The zero-order chi connectivity index (χ0) is 78.9. The van der Waals surface area contributed by atoms with Crippen LogP contribution in [0.1, 0.15) is 38.5 Å². The van der Waals surface area contributed by atoms with Crippen LogP contribution in [0.15, 0.2) is 163 Å². The van der Waals surface area contributed by atoms with Gasteiger partial charge in [0.05, 0.1) is 110 Å². The van der Waals surface area contributed by atoms with Crippen LogP contribution in [0, 0.1) is 35.1 Å². The smallest absolute Gasteiger partial charge is 0.444 e. The zero-order valence-electron chi connectivity index (χ0n) is 61.1. The molecule has 2 bridgehead atoms.